The highest BCUT2D eigenvalue weighted by molar-refractivity contribution is 6.42. The summed E-state index contributed by atoms with van der Waals surface area (Å²) in [7, 11) is 0. The quantitative estimate of drug-likeness (QED) is 0.811. The lowest BCUT2D eigenvalue weighted by molar-refractivity contribution is -0.141. The number of halogens is 2. The van der Waals surface area contributed by atoms with E-state index < -0.39 is 11.9 Å². The number of carbonyl (C=O) groups excluding carboxylic acids is 1. The van der Waals surface area contributed by atoms with Crippen LogP contribution in [0.4, 0.5) is 0 Å². The Kier molecular flexibility index (Phi) is 6.82. The van der Waals surface area contributed by atoms with Crippen LogP contribution in [0.15, 0.2) is 18.2 Å². The van der Waals surface area contributed by atoms with Crippen molar-refractivity contribution in [2.45, 2.75) is 26.2 Å². The normalized spacial score (nSPS) is 11.9. The molecule has 0 aliphatic heterocycles. The van der Waals surface area contributed by atoms with Crippen molar-refractivity contribution < 1.29 is 14.7 Å². The van der Waals surface area contributed by atoms with Crippen molar-refractivity contribution in [3.63, 3.8) is 0 Å². The molecule has 1 rings (SSSR count). The predicted molar refractivity (Wildman–Crippen MR) is 79.2 cm³/mol. The number of hydrogen-bond acceptors (Lipinski definition) is 2. The Labute approximate surface area is 128 Å². The van der Waals surface area contributed by atoms with E-state index in [1.807, 2.05) is 6.92 Å². The van der Waals surface area contributed by atoms with Gasteiger partial charge in [-0.1, -0.05) is 42.6 Å². The summed E-state index contributed by atoms with van der Waals surface area (Å²) in [6.45, 7) is 2.05. The molecular weight excluding hydrogens is 301 g/mol. The lowest BCUT2D eigenvalue weighted by Gasteiger charge is -2.12. The monoisotopic (exact) mass is 317 g/mol. The fraction of sp³-hybridized carbons (Fsp3) is 0.429. The first kappa shape index (κ1) is 16.8. The second-order valence-electron chi connectivity index (χ2n) is 4.55. The number of carbonyl (C=O) groups is 2. The van der Waals surface area contributed by atoms with Crippen molar-refractivity contribution in [1.82, 2.24) is 5.32 Å². The molecule has 110 valence electrons. The van der Waals surface area contributed by atoms with E-state index in [9.17, 15) is 9.59 Å². The fourth-order valence-corrected chi connectivity index (χ4v) is 2.12. The zero-order valence-corrected chi connectivity index (χ0v) is 12.7. The van der Waals surface area contributed by atoms with E-state index in [0.29, 0.717) is 16.5 Å². The molecular formula is C14H17Cl2NO3. The molecule has 0 saturated carbocycles. The molecule has 0 aliphatic carbocycles. The van der Waals surface area contributed by atoms with Gasteiger partial charge in [0.25, 0.3) is 0 Å². The summed E-state index contributed by atoms with van der Waals surface area (Å²) in [5, 5.41) is 12.5. The van der Waals surface area contributed by atoms with Crippen LogP contribution in [0.5, 0.6) is 0 Å². The van der Waals surface area contributed by atoms with Crippen LogP contribution >= 0.6 is 23.2 Å². The number of amides is 1. The molecule has 4 nitrogen and oxygen atoms in total. The molecule has 1 atom stereocenters. The standard InChI is InChI=1S/C14H17Cl2NO3/c1-2-3-10(14(19)20)8-17-13(18)7-9-4-5-11(15)12(16)6-9/h4-6,10H,2-3,7-8H2,1H3,(H,17,18)(H,19,20). The number of hydrogen-bond donors (Lipinski definition) is 2. The van der Waals surface area contributed by atoms with E-state index in [-0.39, 0.29) is 18.9 Å². The van der Waals surface area contributed by atoms with Crippen molar-refractivity contribution in [3.05, 3.63) is 33.8 Å². The van der Waals surface area contributed by atoms with Gasteiger partial charge in [-0.3, -0.25) is 9.59 Å². The molecule has 0 spiro atoms. The van der Waals surface area contributed by atoms with E-state index in [1.54, 1.807) is 18.2 Å². The van der Waals surface area contributed by atoms with Gasteiger partial charge in [-0.05, 0) is 24.1 Å². The molecule has 0 fully saturated rings. The molecule has 1 aromatic carbocycles. The molecule has 0 aliphatic rings. The summed E-state index contributed by atoms with van der Waals surface area (Å²) in [5.74, 6) is -1.66. The second-order valence-corrected chi connectivity index (χ2v) is 5.37. The van der Waals surface area contributed by atoms with Crippen LogP contribution in [0, 0.1) is 5.92 Å². The number of benzene rings is 1. The molecule has 0 aromatic heterocycles. The third-order valence-electron chi connectivity index (χ3n) is 2.88. The number of nitrogens with one attached hydrogen (secondary N) is 1. The molecule has 20 heavy (non-hydrogen) atoms. The van der Waals surface area contributed by atoms with Crippen molar-refractivity contribution in [2.75, 3.05) is 6.54 Å². The first-order chi connectivity index (χ1) is 9.43. The maximum absolute atomic E-state index is 11.8. The maximum atomic E-state index is 11.8. The minimum atomic E-state index is -0.887. The van der Waals surface area contributed by atoms with Gasteiger partial charge in [0, 0.05) is 6.54 Å². The summed E-state index contributed by atoms with van der Waals surface area (Å²) in [6.07, 6.45) is 1.46. The maximum Gasteiger partial charge on any atom is 0.308 e. The van der Waals surface area contributed by atoms with Crippen LogP contribution in [0.2, 0.25) is 10.0 Å². The smallest absolute Gasteiger partial charge is 0.308 e. The van der Waals surface area contributed by atoms with Crippen LogP contribution < -0.4 is 5.32 Å². The summed E-state index contributed by atoms with van der Waals surface area (Å²) < 4.78 is 0. The molecule has 0 radical (unpaired) electrons. The molecule has 0 bridgehead atoms. The Morgan fingerprint density at radius 1 is 1.30 bits per heavy atom. The highest BCUT2D eigenvalue weighted by atomic mass is 35.5. The molecule has 6 heteroatoms. The third kappa shape index (κ3) is 5.39. The molecule has 0 saturated heterocycles. The fourth-order valence-electron chi connectivity index (χ4n) is 1.80. The van der Waals surface area contributed by atoms with Gasteiger partial charge in [0.15, 0.2) is 0 Å². The van der Waals surface area contributed by atoms with E-state index >= 15 is 0 Å². The van der Waals surface area contributed by atoms with Crippen molar-refractivity contribution in [3.8, 4) is 0 Å². The topological polar surface area (TPSA) is 66.4 Å². The summed E-state index contributed by atoms with van der Waals surface area (Å²) in [5.41, 5.74) is 0.735. The minimum absolute atomic E-state index is 0.142. The zero-order valence-electron chi connectivity index (χ0n) is 11.2. The Bertz CT molecular complexity index is 491. The summed E-state index contributed by atoms with van der Waals surface area (Å²) in [6, 6.07) is 4.97. The van der Waals surface area contributed by atoms with Gasteiger partial charge in [-0.25, -0.2) is 0 Å². The van der Waals surface area contributed by atoms with Crippen LogP contribution in [-0.4, -0.2) is 23.5 Å². The molecule has 1 aromatic rings. The lowest BCUT2D eigenvalue weighted by atomic mass is 10.0. The lowest BCUT2D eigenvalue weighted by Crippen LogP contribution is -2.33. The molecule has 1 amide bonds. The predicted octanol–water partition coefficient (Wildman–Crippen LogP) is 3.15. The summed E-state index contributed by atoms with van der Waals surface area (Å²) in [4.78, 5) is 22.7. The Morgan fingerprint density at radius 3 is 2.55 bits per heavy atom. The van der Waals surface area contributed by atoms with Gasteiger partial charge in [0.05, 0.1) is 22.4 Å². The first-order valence-electron chi connectivity index (χ1n) is 6.37. The van der Waals surface area contributed by atoms with E-state index in [4.69, 9.17) is 28.3 Å². The van der Waals surface area contributed by atoms with Crippen molar-refractivity contribution in [2.24, 2.45) is 5.92 Å². The number of carboxylic acid groups (broad SMARTS) is 1. The zero-order chi connectivity index (χ0) is 15.1. The Balaban J connectivity index is 2.50. The SMILES string of the molecule is CCCC(CNC(=O)Cc1ccc(Cl)c(Cl)c1)C(=O)O. The van der Waals surface area contributed by atoms with Crippen LogP contribution in [0.25, 0.3) is 0 Å². The average molecular weight is 318 g/mol. The largest absolute Gasteiger partial charge is 0.481 e. The number of rotatable bonds is 7. The van der Waals surface area contributed by atoms with Crippen LogP contribution in [0.1, 0.15) is 25.3 Å². The average Bonchev–Trinajstić information content (AvgIpc) is 2.38. The van der Waals surface area contributed by atoms with Gasteiger partial charge in [-0.2, -0.15) is 0 Å². The highest BCUT2D eigenvalue weighted by Crippen LogP contribution is 2.22. The van der Waals surface area contributed by atoms with E-state index in [2.05, 4.69) is 5.32 Å². The van der Waals surface area contributed by atoms with Gasteiger partial charge < -0.3 is 10.4 Å². The van der Waals surface area contributed by atoms with Crippen molar-refractivity contribution in [1.29, 1.82) is 0 Å². The molecule has 2 N–H and O–H groups in total. The van der Waals surface area contributed by atoms with Crippen LogP contribution in [0.3, 0.4) is 0 Å². The van der Waals surface area contributed by atoms with E-state index in [1.165, 1.54) is 0 Å². The van der Waals surface area contributed by atoms with Crippen molar-refractivity contribution >= 4 is 35.1 Å². The number of aliphatic carboxylic acids is 1. The Hall–Kier alpha value is -1.26. The van der Waals surface area contributed by atoms with Gasteiger partial charge >= 0.3 is 5.97 Å². The summed E-state index contributed by atoms with van der Waals surface area (Å²) >= 11 is 11.7. The third-order valence-corrected chi connectivity index (χ3v) is 3.62. The molecule has 1 unspecified atom stereocenters. The van der Waals surface area contributed by atoms with Gasteiger partial charge in [0.2, 0.25) is 5.91 Å². The van der Waals surface area contributed by atoms with E-state index in [0.717, 1.165) is 12.0 Å². The highest BCUT2D eigenvalue weighted by Gasteiger charge is 2.17. The second kappa shape index (κ2) is 8.12. The first-order valence-corrected chi connectivity index (χ1v) is 7.13. The van der Waals surface area contributed by atoms with Crippen LogP contribution in [-0.2, 0) is 16.0 Å². The van der Waals surface area contributed by atoms with Gasteiger partial charge in [0.1, 0.15) is 0 Å². The Morgan fingerprint density at radius 2 is 2.00 bits per heavy atom. The van der Waals surface area contributed by atoms with Gasteiger partial charge in [-0.15, -0.1) is 0 Å². The minimum Gasteiger partial charge on any atom is -0.481 e. The number of carboxylic acids is 1. The molecule has 0 heterocycles.